The molecule has 0 bridgehead atoms. The number of fused-ring (bicyclic) bond motifs is 2. The van der Waals surface area contributed by atoms with E-state index in [1.54, 1.807) is 0 Å². The number of H-pyrrole nitrogens is 1. The summed E-state index contributed by atoms with van der Waals surface area (Å²) in [5.74, 6) is 2.37. The van der Waals surface area contributed by atoms with E-state index in [2.05, 4.69) is 37.0 Å². The summed E-state index contributed by atoms with van der Waals surface area (Å²) in [4.78, 5) is 18.8. The average molecular weight is 479 g/mol. The van der Waals surface area contributed by atoms with Gasteiger partial charge in [-0.1, -0.05) is 32.6 Å². The molecule has 35 heavy (non-hydrogen) atoms. The average Bonchev–Trinajstić information content (AvgIpc) is 3.66. The number of benzene rings is 1. The van der Waals surface area contributed by atoms with E-state index in [0.717, 1.165) is 60.1 Å². The van der Waals surface area contributed by atoms with Crippen LogP contribution in [-0.2, 0) is 6.54 Å². The first-order valence-electron chi connectivity index (χ1n) is 13.2. The molecule has 1 aromatic carbocycles. The SMILES string of the molecule is CC[C@H](c1nnnn1C1CCCC1)N(Cc1cc2cc3c(cc2[nH]c1=O)OCCO3)C1CCCC1. The number of nitrogens with zero attached hydrogens (tertiary/aromatic N) is 5. The van der Waals surface area contributed by atoms with E-state index in [-0.39, 0.29) is 11.6 Å². The summed E-state index contributed by atoms with van der Waals surface area (Å²) < 4.78 is 13.6. The Hall–Kier alpha value is -2.94. The number of hydrogen-bond acceptors (Lipinski definition) is 7. The first kappa shape index (κ1) is 22.5. The van der Waals surface area contributed by atoms with Gasteiger partial charge in [-0.3, -0.25) is 9.69 Å². The molecule has 0 spiro atoms. The summed E-state index contributed by atoms with van der Waals surface area (Å²) in [6.45, 7) is 3.84. The first-order chi connectivity index (χ1) is 17.2. The predicted molar refractivity (Wildman–Crippen MR) is 132 cm³/mol. The highest BCUT2D eigenvalue weighted by Gasteiger charge is 2.34. The van der Waals surface area contributed by atoms with Crippen LogP contribution in [0.3, 0.4) is 0 Å². The van der Waals surface area contributed by atoms with E-state index in [0.29, 0.717) is 37.6 Å². The summed E-state index contributed by atoms with van der Waals surface area (Å²) in [7, 11) is 0. The standard InChI is InChI=1S/C26H34N6O3/c1-2-22(25-28-29-30-32(25)20-9-5-6-10-20)31(19-7-3-4-8-19)16-18-13-17-14-23-24(35-12-11-34-23)15-21(17)27-26(18)33/h13-15,19-20,22H,2-12,16H2,1H3,(H,27,33)/t22-/m1/s1. The zero-order chi connectivity index (χ0) is 23.8. The molecular weight excluding hydrogens is 444 g/mol. The van der Waals surface area contributed by atoms with Gasteiger partial charge in [0.1, 0.15) is 13.2 Å². The number of aromatic amines is 1. The third-order valence-corrected chi connectivity index (χ3v) is 8.00. The quantitative estimate of drug-likeness (QED) is 0.541. The van der Waals surface area contributed by atoms with E-state index in [4.69, 9.17) is 9.47 Å². The number of rotatable bonds is 7. The molecular formula is C26H34N6O3. The van der Waals surface area contributed by atoms with Crippen LogP contribution in [0.15, 0.2) is 23.0 Å². The molecule has 186 valence electrons. The van der Waals surface area contributed by atoms with Crippen LogP contribution in [0.4, 0.5) is 0 Å². The van der Waals surface area contributed by atoms with Crippen molar-refractivity contribution in [2.75, 3.05) is 13.2 Å². The van der Waals surface area contributed by atoms with Crippen molar-refractivity contribution in [3.63, 3.8) is 0 Å². The molecule has 9 nitrogen and oxygen atoms in total. The van der Waals surface area contributed by atoms with E-state index in [1.807, 2.05) is 18.2 Å². The van der Waals surface area contributed by atoms with E-state index in [9.17, 15) is 4.79 Å². The highest BCUT2D eigenvalue weighted by molar-refractivity contribution is 5.83. The predicted octanol–water partition coefficient (Wildman–Crippen LogP) is 4.30. The number of tetrazole rings is 1. The second kappa shape index (κ2) is 9.60. The van der Waals surface area contributed by atoms with Crippen molar-refractivity contribution in [3.05, 3.63) is 39.9 Å². The molecule has 2 aliphatic carbocycles. The van der Waals surface area contributed by atoms with Gasteiger partial charge in [-0.15, -0.1) is 5.10 Å². The minimum absolute atomic E-state index is 0.0533. The smallest absolute Gasteiger partial charge is 0.252 e. The van der Waals surface area contributed by atoms with Crippen LogP contribution in [0.2, 0.25) is 0 Å². The molecule has 0 radical (unpaired) electrons. The molecule has 0 amide bonds. The summed E-state index contributed by atoms with van der Waals surface area (Å²) in [5, 5.41) is 14.0. The summed E-state index contributed by atoms with van der Waals surface area (Å²) in [5.41, 5.74) is 1.48. The highest BCUT2D eigenvalue weighted by Crippen LogP contribution is 2.37. The van der Waals surface area contributed by atoms with Crippen LogP contribution in [-0.4, -0.2) is 49.3 Å². The number of hydrogen-bond donors (Lipinski definition) is 1. The summed E-state index contributed by atoms with van der Waals surface area (Å²) >= 11 is 0. The Labute approximate surface area is 204 Å². The molecule has 2 aromatic heterocycles. The molecule has 1 N–H and O–H groups in total. The van der Waals surface area contributed by atoms with Gasteiger partial charge in [0, 0.05) is 29.6 Å². The van der Waals surface area contributed by atoms with Crippen molar-refractivity contribution in [1.82, 2.24) is 30.1 Å². The zero-order valence-electron chi connectivity index (χ0n) is 20.4. The van der Waals surface area contributed by atoms with E-state index in [1.165, 1.54) is 25.7 Å². The number of nitrogens with one attached hydrogen (secondary N) is 1. The van der Waals surface area contributed by atoms with Crippen molar-refractivity contribution < 1.29 is 9.47 Å². The molecule has 1 atom stereocenters. The van der Waals surface area contributed by atoms with Crippen molar-refractivity contribution in [1.29, 1.82) is 0 Å². The molecule has 2 fully saturated rings. The normalized spacial score (nSPS) is 19.7. The second-order valence-electron chi connectivity index (χ2n) is 10.2. The van der Waals surface area contributed by atoms with Crippen LogP contribution in [0.5, 0.6) is 11.5 Å². The van der Waals surface area contributed by atoms with Gasteiger partial charge < -0.3 is 14.5 Å². The van der Waals surface area contributed by atoms with Crippen LogP contribution >= 0.6 is 0 Å². The minimum atomic E-state index is -0.0533. The van der Waals surface area contributed by atoms with Crippen LogP contribution in [0, 0.1) is 0 Å². The van der Waals surface area contributed by atoms with Gasteiger partial charge in [-0.05, 0) is 54.7 Å². The molecule has 3 aromatic rings. The van der Waals surface area contributed by atoms with Gasteiger partial charge in [-0.2, -0.15) is 0 Å². The lowest BCUT2D eigenvalue weighted by atomic mass is 10.0. The van der Waals surface area contributed by atoms with Gasteiger partial charge in [0.05, 0.1) is 17.6 Å². The van der Waals surface area contributed by atoms with Gasteiger partial charge in [0.25, 0.3) is 5.56 Å². The number of aromatic nitrogens is 5. The van der Waals surface area contributed by atoms with E-state index >= 15 is 0 Å². The van der Waals surface area contributed by atoms with Gasteiger partial charge in [0.2, 0.25) is 0 Å². The summed E-state index contributed by atoms with van der Waals surface area (Å²) in [6.07, 6.45) is 10.4. The maximum absolute atomic E-state index is 13.2. The second-order valence-corrected chi connectivity index (χ2v) is 10.2. The topological polar surface area (TPSA) is 98.2 Å². The molecule has 3 aliphatic rings. The van der Waals surface area contributed by atoms with Crippen molar-refractivity contribution in [2.24, 2.45) is 0 Å². The Morgan fingerprint density at radius 2 is 1.77 bits per heavy atom. The lowest BCUT2D eigenvalue weighted by Gasteiger charge is -2.35. The molecule has 1 aliphatic heterocycles. The van der Waals surface area contributed by atoms with Crippen LogP contribution < -0.4 is 15.0 Å². The monoisotopic (exact) mass is 478 g/mol. The van der Waals surface area contributed by atoms with E-state index < -0.39 is 0 Å². The lowest BCUT2D eigenvalue weighted by Crippen LogP contribution is -2.39. The Morgan fingerprint density at radius 3 is 2.51 bits per heavy atom. The molecule has 6 rings (SSSR count). The van der Waals surface area contributed by atoms with Gasteiger partial charge >= 0.3 is 0 Å². The third-order valence-electron chi connectivity index (χ3n) is 8.00. The number of ether oxygens (including phenoxy) is 2. The first-order valence-corrected chi connectivity index (χ1v) is 13.2. The third kappa shape index (κ3) is 4.30. The molecule has 2 saturated carbocycles. The van der Waals surface area contributed by atoms with Gasteiger partial charge in [-0.25, -0.2) is 4.68 Å². The Balaban J connectivity index is 1.36. The van der Waals surface area contributed by atoms with Gasteiger partial charge in [0.15, 0.2) is 17.3 Å². The van der Waals surface area contributed by atoms with Crippen molar-refractivity contribution in [3.8, 4) is 11.5 Å². The fourth-order valence-corrected chi connectivity index (χ4v) is 6.23. The number of pyridine rings is 1. The lowest BCUT2D eigenvalue weighted by molar-refractivity contribution is 0.110. The zero-order valence-corrected chi connectivity index (χ0v) is 20.4. The molecule has 0 unspecified atom stereocenters. The minimum Gasteiger partial charge on any atom is -0.486 e. The summed E-state index contributed by atoms with van der Waals surface area (Å²) in [6, 6.07) is 6.74. The van der Waals surface area contributed by atoms with Crippen LogP contribution in [0.25, 0.3) is 10.9 Å². The molecule has 3 heterocycles. The fourth-order valence-electron chi connectivity index (χ4n) is 6.23. The largest absolute Gasteiger partial charge is 0.486 e. The fraction of sp³-hybridized carbons (Fsp3) is 0.615. The highest BCUT2D eigenvalue weighted by atomic mass is 16.6. The maximum atomic E-state index is 13.2. The van der Waals surface area contributed by atoms with Crippen LogP contribution in [0.1, 0.15) is 88.2 Å². The Morgan fingerprint density at radius 1 is 1.06 bits per heavy atom. The van der Waals surface area contributed by atoms with Crippen molar-refractivity contribution >= 4 is 10.9 Å². The molecule has 0 saturated heterocycles. The van der Waals surface area contributed by atoms with Crippen molar-refractivity contribution in [2.45, 2.75) is 89.4 Å². The Kier molecular flexibility index (Phi) is 6.18. The Bertz CT molecular complexity index is 1240. The maximum Gasteiger partial charge on any atom is 0.252 e. The molecule has 9 heteroatoms.